The van der Waals surface area contributed by atoms with Gasteiger partial charge in [-0.2, -0.15) is 0 Å². The van der Waals surface area contributed by atoms with E-state index >= 15 is 0 Å². The Morgan fingerprint density at radius 1 is 1.29 bits per heavy atom. The maximum atomic E-state index is 11.4. The summed E-state index contributed by atoms with van der Waals surface area (Å²) in [7, 11) is 0. The summed E-state index contributed by atoms with van der Waals surface area (Å²) in [5, 5.41) is 12.3. The number of hydrogen-bond donors (Lipinski definition) is 4. The highest BCUT2D eigenvalue weighted by Crippen LogP contribution is 2.38. The number of carbonyl (C=O) groups is 2. The van der Waals surface area contributed by atoms with Gasteiger partial charge in [-0.05, 0) is 42.9 Å². The lowest BCUT2D eigenvalue weighted by Crippen LogP contribution is -2.31. The fraction of sp³-hybridized carbons (Fsp3) is 0.333. The standard InChI is InChI=1S/C15H17N3O3/c16-14(19)12-4-3-10(11-5-6-17-13(11)12)8-1-2-9(7-8)18-15(20)21/h3-6,8-9,17-18H,1-2,7H2,(H2,16,19)(H,20,21). The summed E-state index contributed by atoms with van der Waals surface area (Å²) in [6.07, 6.45) is 3.36. The van der Waals surface area contributed by atoms with E-state index in [9.17, 15) is 9.59 Å². The maximum Gasteiger partial charge on any atom is 0.404 e. The number of nitrogens with one attached hydrogen (secondary N) is 2. The molecule has 1 heterocycles. The van der Waals surface area contributed by atoms with Crippen molar-refractivity contribution in [2.75, 3.05) is 0 Å². The van der Waals surface area contributed by atoms with E-state index in [-0.39, 0.29) is 6.04 Å². The van der Waals surface area contributed by atoms with E-state index in [2.05, 4.69) is 10.3 Å². The van der Waals surface area contributed by atoms with Crippen molar-refractivity contribution < 1.29 is 14.7 Å². The summed E-state index contributed by atoms with van der Waals surface area (Å²) in [6.45, 7) is 0. The van der Waals surface area contributed by atoms with E-state index in [4.69, 9.17) is 10.8 Å². The molecular weight excluding hydrogens is 270 g/mol. The molecule has 1 aliphatic carbocycles. The smallest absolute Gasteiger partial charge is 0.404 e. The SMILES string of the molecule is NC(=O)c1ccc(C2CCC(NC(=O)O)C2)c2cc[nH]c12. The van der Waals surface area contributed by atoms with Crippen LogP contribution in [-0.4, -0.2) is 28.1 Å². The normalized spacial score (nSPS) is 21.5. The fourth-order valence-electron chi connectivity index (χ4n) is 3.31. The third kappa shape index (κ3) is 2.44. The van der Waals surface area contributed by atoms with Gasteiger partial charge in [0.2, 0.25) is 0 Å². The number of fused-ring (bicyclic) bond motifs is 1. The summed E-state index contributed by atoms with van der Waals surface area (Å²) >= 11 is 0. The Bertz CT molecular complexity index is 707. The molecule has 2 unspecified atom stereocenters. The number of aromatic amines is 1. The first-order chi connectivity index (χ1) is 10.1. The first kappa shape index (κ1) is 13.5. The Morgan fingerprint density at radius 2 is 2.10 bits per heavy atom. The van der Waals surface area contributed by atoms with E-state index in [0.717, 1.165) is 35.7 Å². The molecule has 5 N–H and O–H groups in total. The van der Waals surface area contributed by atoms with Crippen LogP contribution in [0.2, 0.25) is 0 Å². The lowest BCUT2D eigenvalue weighted by molar-refractivity contribution is 0.100. The number of carbonyl (C=O) groups excluding carboxylic acids is 1. The number of carboxylic acid groups (broad SMARTS) is 1. The van der Waals surface area contributed by atoms with Gasteiger partial charge in [0.15, 0.2) is 0 Å². The zero-order valence-electron chi connectivity index (χ0n) is 11.4. The molecule has 3 rings (SSSR count). The van der Waals surface area contributed by atoms with Crippen LogP contribution in [0.25, 0.3) is 10.9 Å². The van der Waals surface area contributed by atoms with Crippen molar-refractivity contribution >= 4 is 22.9 Å². The van der Waals surface area contributed by atoms with Crippen molar-refractivity contribution in [1.82, 2.24) is 10.3 Å². The van der Waals surface area contributed by atoms with Gasteiger partial charge in [0.1, 0.15) is 0 Å². The molecular formula is C15H17N3O3. The van der Waals surface area contributed by atoms with Crippen molar-refractivity contribution in [3.63, 3.8) is 0 Å². The van der Waals surface area contributed by atoms with Crippen molar-refractivity contribution in [3.8, 4) is 0 Å². The number of primary amides is 1. The number of H-pyrrole nitrogens is 1. The molecule has 2 atom stereocenters. The van der Waals surface area contributed by atoms with Gasteiger partial charge in [-0.25, -0.2) is 4.79 Å². The number of aromatic nitrogens is 1. The van der Waals surface area contributed by atoms with E-state index in [0.29, 0.717) is 11.5 Å². The zero-order chi connectivity index (χ0) is 15.0. The van der Waals surface area contributed by atoms with Crippen LogP contribution in [0.5, 0.6) is 0 Å². The second-order valence-corrected chi connectivity index (χ2v) is 5.49. The maximum absolute atomic E-state index is 11.4. The molecule has 6 nitrogen and oxygen atoms in total. The van der Waals surface area contributed by atoms with Gasteiger partial charge in [-0.15, -0.1) is 0 Å². The van der Waals surface area contributed by atoms with Crippen molar-refractivity contribution in [3.05, 3.63) is 35.5 Å². The van der Waals surface area contributed by atoms with Gasteiger partial charge < -0.3 is 21.1 Å². The number of rotatable bonds is 3. The molecule has 21 heavy (non-hydrogen) atoms. The van der Waals surface area contributed by atoms with Crippen LogP contribution in [0.1, 0.15) is 41.1 Å². The number of amides is 2. The molecule has 0 bridgehead atoms. The molecule has 0 saturated heterocycles. The Balaban J connectivity index is 1.92. The van der Waals surface area contributed by atoms with Gasteiger partial charge in [0, 0.05) is 17.6 Å². The van der Waals surface area contributed by atoms with Gasteiger partial charge >= 0.3 is 6.09 Å². The highest BCUT2D eigenvalue weighted by molar-refractivity contribution is 6.05. The molecule has 1 aromatic carbocycles. The van der Waals surface area contributed by atoms with Crippen molar-refractivity contribution in [2.45, 2.75) is 31.2 Å². The lowest BCUT2D eigenvalue weighted by atomic mass is 9.92. The Morgan fingerprint density at radius 3 is 2.81 bits per heavy atom. The molecule has 0 radical (unpaired) electrons. The van der Waals surface area contributed by atoms with E-state index in [1.165, 1.54) is 0 Å². The van der Waals surface area contributed by atoms with Crippen LogP contribution >= 0.6 is 0 Å². The molecule has 1 aromatic heterocycles. The lowest BCUT2D eigenvalue weighted by Gasteiger charge is -2.14. The Hall–Kier alpha value is -2.50. The summed E-state index contributed by atoms with van der Waals surface area (Å²) in [6, 6.07) is 5.62. The van der Waals surface area contributed by atoms with Crippen LogP contribution in [-0.2, 0) is 0 Å². The predicted molar refractivity (Wildman–Crippen MR) is 78.4 cm³/mol. The van der Waals surface area contributed by atoms with Crippen LogP contribution < -0.4 is 11.1 Å². The third-order valence-electron chi connectivity index (χ3n) is 4.22. The molecule has 2 amide bonds. The summed E-state index contributed by atoms with van der Waals surface area (Å²) < 4.78 is 0. The average Bonchev–Trinajstić information content (AvgIpc) is 3.05. The van der Waals surface area contributed by atoms with Crippen LogP contribution in [0.3, 0.4) is 0 Å². The monoisotopic (exact) mass is 287 g/mol. The van der Waals surface area contributed by atoms with Crippen LogP contribution in [0, 0.1) is 0 Å². The van der Waals surface area contributed by atoms with Crippen LogP contribution in [0.4, 0.5) is 4.79 Å². The minimum Gasteiger partial charge on any atom is -0.465 e. The number of nitrogens with two attached hydrogens (primary N) is 1. The molecule has 0 spiro atoms. The fourth-order valence-corrected chi connectivity index (χ4v) is 3.31. The van der Waals surface area contributed by atoms with E-state index in [1.54, 1.807) is 12.3 Å². The van der Waals surface area contributed by atoms with Crippen molar-refractivity contribution in [2.24, 2.45) is 5.73 Å². The highest BCUT2D eigenvalue weighted by Gasteiger charge is 2.28. The number of hydrogen-bond acceptors (Lipinski definition) is 2. The molecule has 110 valence electrons. The summed E-state index contributed by atoms with van der Waals surface area (Å²) in [4.78, 5) is 25.2. The Kier molecular flexibility index (Phi) is 3.29. The molecule has 0 aliphatic heterocycles. The summed E-state index contributed by atoms with van der Waals surface area (Å²) in [5.74, 6) is -0.159. The molecule has 1 saturated carbocycles. The molecule has 2 aromatic rings. The topological polar surface area (TPSA) is 108 Å². The average molecular weight is 287 g/mol. The van der Waals surface area contributed by atoms with E-state index in [1.807, 2.05) is 12.1 Å². The quantitative estimate of drug-likeness (QED) is 0.694. The second kappa shape index (κ2) is 5.12. The minimum absolute atomic E-state index is 0.00249. The molecule has 1 aliphatic rings. The third-order valence-corrected chi connectivity index (χ3v) is 4.22. The largest absolute Gasteiger partial charge is 0.465 e. The van der Waals surface area contributed by atoms with Crippen LogP contribution in [0.15, 0.2) is 24.4 Å². The van der Waals surface area contributed by atoms with Gasteiger partial charge in [0.25, 0.3) is 5.91 Å². The first-order valence-electron chi connectivity index (χ1n) is 6.95. The van der Waals surface area contributed by atoms with Gasteiger partial charge in [-0.3, -0.25) is 4.79 Å². The van der Waals surface area contributed by atoms with Gasteiger partial charge in [-0.1, -0.05) is 6.07 Å². The Labute approximate surface area is 121 Å². The predicted octanol–water partition coefficient (Wildman–Crippen LogP) is 2.17. The second-order valence-electron chi connectivity index (χ2n) is 5.49. The first-order valence-corrected chi connectivity index (χ1v) is 6.95. The highest BCUT2D eigenvalue weighted by atomic mass is 16.4. The zero-order valence-corrected chi connectivity index (χ0v) is 11.4. The number of benzene rings is 1. The minimum atomic E-state index is -0.975. The van der Waals surface area contributed by atoms with Gasteiger partial charge in [0.05, 0.1) is 11.1 Å². The summed E-state index contributed by atoms with van der Waals surface area (Å²) in [5.41, 5.74) is 7.77. The molecule has 6 heteroatoms. The molecule has 1 fully saturated rings. The van der Waals surface area contributed by atoms with E-state index < -0.39 is 12.0 Å². The van der Waals surface area contributed by atoms with Crippen molar-refractivity contribution in [1.29, 1.82) is 0 Å².